The molecule has 6 atom stereocenters. The van der Waals surface area contributed by atoms with Crippen LogP contribution in [0.4, 0.5) is 0 Å². The minimum absolute atomic E-state index is 0.0424. The zero-order chi connectivity index (χ0) is 34.3. The lowest BCUT2D eigenvalue weighted by molar-refractivity contribution is -0.334. The lowest BCUT2D eigenvalue weighted by Gasteiger charge is -2.55. The van der Waals surface area contributed by atoms with Gasteiger partial charge < -0.3 is 37.9 Å². The van der Waals surface area contributed by atoms with Crippen LogP contribution in [0.25, 0.3) is 0 Å². The number of hydrogen-bond donors (Lipinski definition) is 0. The van der Waals surface area contributed by atoms with Gasteiger partial charge in [-0.2, -0.15) is 0 Å². The number of rotatable bonds is 18. The van der Waals surface area contributed by atoms with Gasteiger partial charge in [0.05, 0.1) is 39.6 Å². The molecule has 0 aromatic heterocycles. The maximum absolute atomic E-state index is 7.02. The summed E-state index contributed by atoms with van der Waals surface area (Å²) in [5, 5.41) is 0. The van der Waals surface area contributed by atoms with Gasteiger partial charge in [0.25, 0.3) is 0 Å². The minimum Gasteiger partial charge on any atom is -0.382 e. The van der Waals surface area contributed by atoms with Crippen molar-refractivity contribution in [3.05, 3.63) is 144 Å². The summed E-state index contributed by atoms with van der Waals surface area (Å²) in [5.74, 6) is 0. The van der Waals surface area contributed by atoms with Crippen molar-refractivity contribution in [3.8, 4) is 0 Å². The SMILES string of the molecule is COCCOCO[C@@]12CCCCO[C@H]1[C@H](OCc1ccccc1)[C@@H](OCc1ccccc1)[C@H](OCc1ccccc1)[C@H]2OCc1ccccc1. The predicted molar refractivity (Wildman–Crippen MR) is 190 cm³/mol. The van der Waals surface area contributed by atoms with E-state index in [9.17, 15) is 0 Å². The predicted octanol–water partition coefficient (Wildman–Crippen LogP) is 7.29. The molecule has 50 heavy (non-hydrogen) atoms. The van der Waals surface area contributed by atoms with E-state index >= 15 is 0 Å². The van der Waals surface area contributed by atoms with E-state index in [0.29, 0.717) is 52.7 Å². The molecule has 2 fully saturated rings. The van der Waals surface area contributed by atoms with Crippen molar-refractivity contribution < 1.29 is 37.9 Å². The van der Waals surface area contributed by atoms with Crippen molar-refractivity contribution in [2.45, 2.75) is 81.8 Å². The van der Waals surface area contributed by atoms with Crippen molar-refractivity contribution in [2.24, 2.45) is 0 Å². The third-order valence-electron chi connectivity index (χ3n) is 9.44. The average Bonchev–Trinajstić information content (AvgIpc) is 3.39. The van der Waals surface area contributed by atoms with Crippen LogP contribution in [0.5, 0.6) is 0 Å². The van der Waals surface area contributed by atoms with Crippen LogP contribution in [0.1, 0.15) is 41.5 Å². The van der Waals surface area contributed by atoms with E-state index in [4.69, 9.17) is 37.9 Å². The largest absolute Gasteiger partial charge is 0.382 e. The monoisotopic (exact) mass is 682 g/mol. The Balaban J connectivity index is 1.41. The first-order valence-corrected chi connectivity index (χ1v) is 17.7. The topological polar surface area (TPSA) is 73.8 Å². The second-order valence-electron chi connectivity index (χ2n) is 12.9. The second-order valence-corrected chi connectivity index (χ2v) is 12.9. The van der Waals surface area contributed by atoms with Crippen molar-refractivity contribution in [1.82, 2.24) is 0 Å². The molecular formula is C42H50O8. The Labute approximate surface area is 296 Å². The number of ether oxygens (including phenoxy) is 8. The molecule has 0 amide bonds. The molecule has 0 bridgehead atoms. The Morgan fingerprint density at radius 1 is 0.560 bits per heavy atom. The first kappa shape index (κ1) is 36.4. The van der Waals surface area contributed by atoms with E-state index in [1.165, 1.54) is 0 Å². The number of hydrogen-bond acceptors (Lipinski definition) is 8. The van der Waals surface area contributed by atoms with Gasteiger partial charge in [-0.1, -0.05) is 121 Å². The summed E-state index contributed by atoms with van der Waals surface area (Å²) in [6.07, 6.45) is -0.366. The summed E-state index contributed by atoms with van der Waals surface area (Å²) in [4.78, 5) is 0. The summed E-state index contributed by atoms with van der Waals surface area (Å²) in [6, 6.07) is 40.8. The first-order valence-electron chi connectivity index (χ1n) is 17.7. The molecular weight excluding hydrogens is 632 g/mol. The maximum Gasteiger partial charge on any atom is 0.147 e. The highest BCUT2D eigenvalue weighted by Gasteiger charge is 2.64. The Hall–Kier alpha value is -3.44. The molecule has 8 heteroatoms. The quantitative estimate of drug-likeness (QED) is 0.0801. The molecule has 0 spiro atoms. The highest BCUT2D eigenvalue weighted by molar-refractivity contribution is 5.19. The number of methoxy groups -OCH3 is 1. The molecule has 8 nitrogen and oxygen atoms in total. The van der Waals surface area contributed by atoms with E-state index in [1.54, 1.807) is 7.11 Å². The summed E-state index contributed by atoms with van der Waals surface area (Å²) in [5.41, 5.74) is 3.25. The zero-order valence-corrected chi connectivity index (χ0v) is 29.0. The van der Waals surface area contributed by atoms with E-state index < -0.39 is 36.1 Å². The Morgan fingerprint density at radius 3 is 1.56 bits per heavy atom. The molecule has 2 aliphatic rings. The van der Waals surface area contributed by atoms with Crippen LogP contribution in [0, 0.1) is 0 Å². The summed E-state index contributed by atoms with van der Waals surface area (Å²) in [7, 11) is 1.66. The van der Waals surface area contributed by atoms with Crippen LogP contribution < -0.4 is 0 Å². The van der Waals surface area contributed by atoms with Crippen molar-refractivity contribution in [3.63, 3.8) is 0 Å². The maximum atomic E-state index is 7.02. The van der Waals surface area contributed by atoms with Crippen LogP contribution in [0.3, 0.4) is 0 Å². The molecule has 1 aliphatic heterocycles. The van der Waals surface area contributed by atoms with Crippen molar-refractivity contribution in [2.75, 3.05) is 33.7 Å². The molecule has 4 aromatic rings. The molecule has 1 heterocycles. The van der Waals surface area contributed by atoms with Gasteiger partial charge in [-0.3, -0.25) is 0 Å². The van der Waals surface area contributed by atoms with Crippen LogP contribution >= 0.6 is 0 Å². The Kier molecular flexibility index (Phi) is 14.0. The first-order chi connectivity index (χ1) is 24.8. The summed E-state index contributed by atoms with van der Waals surface area (Å²) < 4.78 is 52.8. The van der Waals surface area contributed by atoms with Gasteiger partial charge in [0.1, 0.15) is 42.9 Å². The molecule has 4 aromatic carbocycles. The van der Waals surface area contributed by atoms with Crippen LogP contribution in [0.2, 0.25) is 0 Å². The molecule has 1 aliphatic carbocycles. The van der Waals surface area contributed by atoms with E-state index in [0.717, 1.165) is 35.1 Å². The van der Waals surface area contributed by atoms with E-state index in [2.05, 4.69) is 48.5 Å². The minimum atomic E-state index is -0.965. The lowest BCUT2D eigenvalue weighted by atomic mass is 9.71. The van der Waals surface area contributed by atoms with Gasteiger partial charge in [-0.25, -0.2) is 0 Å². The Morgan fingerprint density at radius 2 is 1.04 bits per heavy atom. The van der Waals surface area contributed by atoms with Crippen molar-refractivity contribution in [1.29, 1.82) is 0 Å². The van der Waals surface area contributed by atoms with Crippen LogP contribution in [-0.4, -0.2) is 69.8 Å². The smallest absolute Gasteiger partial charge is 0.147 e. The van der Waals surface area contributed by atoms with E-state index in [1.807, 2.05) is 72.8 Å². The van der Waals surface area contributed by atoms with Crippen LogP contribution in [0.15, 0.2) is 121 Å². The second kappa shape index (κ2) is 19.2. The van der Waals surface area contributed by atoms with Crippen LogP contribution in [-0.2, 0) is 64.3 Å². The zero-order valence-electron chi connectivity index (χ0n) is 29.0. The standard InChI is InChI=1S/C42H50O8/c1-43-26-27-44-32-50-42-24-14-15-25-45-40(42)38(47-29-34-18-8-3-9-19-34)37(46-28-33-16-6-2-7-17-33)39(48-30-35-20-10-4-11-21-35)41(42)49-31-36-22-12-5-13-23-36/h2-13,16-23,37-41H,14-15,24-32H2,1H3/t37-,38-,39+,40+,41-,42+/m1/s1. The fraction of sp³-hybridized carbons (Fsp3) is 0.429. The molecule has 266 valence electrons. The highest BCUT2D eigenvalue weighted by Crippen LogP contribution is 2.46. The van der Waals surface area contributed by atoms with Gasteiger partial charge >= 0.3 is 0 Å². The van der Waals surface area contributed by atoms with Gasteiger partial charge in [-0.15, -0.1) is 0 Å². The highest BCUT2D eigenvalue weighted by atomic mass is 16.7. The average molecular weight is 683 g/mol. The van der Waals surface area contributed by atoms with Crippen molar-refractivity contribution >= 4 is 0 Å². The lowest BCUT2D eigenvalue weighted by Crippen LogP contribution is -2.73. The van der Waals surface area contributed by atoms with Gasteiger partial charge in [0, 0.05) is 13.7 Å². The molecule has 0 radical (unpaired) electrons. The molecule has 1 saturated heterocycles. The van der Waals surface area contributed by atoms with Gasteiger partial charge in [0.15, 0.2) is 0 Å². The fourth-order valence-electron chi connectivity index (χ4n) is 6.92. The molecule has 0 N–H and O–H groups in total. The normalized spacial score (nSPS) is 25.1. The van der Waals surface area contributed by atoms with Gasteiger partial charge in [0.2, 0.25) is 0 Å². The van der Waals surface area contributed by atoms with Gasteiger partial charge in [-0.05, 0) is 41.5 Å². The van der Waals surface area contributed by atoms with E-state index in [-0.39, 0.29) is 6.79 Å². The molecule has 6 rings (SSSR count). The third-order valence-corrected chi connectivity index (χ3v) is 9.44. The third kappa shape index (κ3) is 9.66. The Bertz CT molecular complexity index is 1490. The summed E-state index contributed by atoms with van der Waals surface area (Å²) in [6.45, 7) is 2.94. The summed E-state index contributed by atoms with van der Waals surface area (Å²) >= 11 is 0. The molecule has 0 unspecified atom stereocenters. The number of fused-ring (bicyclic) bond motifs is 1. The number of benzene rings is 4. The molecule has 1 saturated carbocycles. The fourth-order valence-corrected chi connectivity index (χ4v) is 6.92.